The third-order valence-corrected chi connectivity index (χ3v) is 5.19. The quantitative estimate of drug-likeness (QED) is 0.277. The summed E-state index contributed by atoms with van der Waals surface area (Å²) in [6.45, 7) is 5.26. The van der Waals surface area contributed by atoms with Crippen LogP contribution in [0.5, 0.6) is 0 Å². The summed E-state index contributed by atoms with van der Waals surface area (Å²) in [5.74, 6) is 0.669. The van der Waals surface area contributed by atoms with Crippen LogP contribution in [-0.4, -0.2) is 35.5 Å². The Labute approximate surface area is 182 Å². The molecule has 1 N–H and O–H groups in total. The highest BCUT2D eigenvalue weighted by atomic mass is 32.1. The van der Waals surface area contributed by atoms with Gasteiger partial charge in [-0.25, -0.2) is 4.90 Å². The van der Waals surface area contributed by atoms with E-state index in [9.17, 15) is 14.9 Å². The van der Waals surface area contributed by atoms with E-state index in [1.807, 2.05) is 0 Å². The Kier molecular flexibility index (Phi) is 4.93. The van der Waals surface area contributed by atoms with Crippen LogP contribution >= 0.6 is 12.2 Å². The number of thiocarbonyl (C=S) groups is 1. The first-order valence-corrected chi connectivity index (χ1v) is 9.71. The van der Waals surface area contributed by atoms with Crippen LogP contribution in [0.15, 0.2) is 28.4 Å². The van der Waals surface area contributed by atoms with Crippen molar-refractivity contribution >= 4 is 40.7 Å². The maximum Gasteiger partial charge on any atom is 0.312 e. The number of carbonyl (C=O) groups excluding carboxylic acids is 1. The molecule has 3 aromatic heterocycles. The van der Waals surface area contributed by atoms with Crippen LogP contribution in [0.2, 0.25) is 0 Å². The van der Waals surface area contributed by atoms with Gasteiger partial charge in [-0.3, -0.25) is 24.3 Å². The fourth-order valence-corrected chi connectivity index (χ4v) is 3.80. The molecule has 1 aliphatic rings. The molecule has 31 heavy (non-hydrogen) atoms. The van der Waals surface area contributed by atoms with Gasteiger partial charge in [0, 0.05) is 19.3 Å². The lowest BCUT2D eigenvalue weighted by atomic mass is 10.3. The number of hydrogen-bond donors (Lipinski definition) is 1. The predicted molar refractivity (Wildman–Crippen MR) is 115 cm³/mol. The van der Waals surface area contributed by atoms with Gasteiger partial charge >= 0.3 is 5.69 Å². The monoisotopic (exact) mass is 441 g/mol. The van der Waals surface area contributed by atoms with E-state index in [1.54, 1.807) is 56.9 Å². The third kappa shape index (κ3) is 3.61. The number of nitrogens with one attached hydrogen (secondary N) is 1. The summed E-state index contributed by atoms with van der Waals surface area (Å²) in [7, 11) is 1.77. The van der Waals surface area contributed by atoms with Gasteiger partial charge in [-0.15, -0.1) is 0 Å². The molecule has 0 radical (unpaired) electrons. The molecule has 4 heterocycles. The van der Waals surface area contributed by atoms with E-state index in [0.717, 1.165) is 0 Å². The summed E-state index contributed by atoms with van der Waals surface area (Å²) in [6, 6.07) is 3.44. The zero-order valence-corrected chi connectivity index (χ0v) is 18.1. The lowest BCUT2D eigenvalue weighted by Gasteiger charge is -2.11. The normalized spacial score (nSPS) is 15.2. The van der Waals surface area contributed by atoms with E-state index in [0.29, 0.717) is 34.3 Å². The standard InChI is InChI=1S/C19H19N7O4S/c1-10-16(9-23(4)21-10)25-18(27)15(20-19(25)31)7-13-5-6-14(30-13)8-24-12(3)17(26(28)29)11(2)22-24/h5-7,9H,8H2,1-4H3,(H,20,31)/b15-7+. The number of aryl methyl sites for hydroxylation is 3. The van der Waals surface area contributed by atoms with Gasteiger partial charge in [0.15, 0.2) is 5.11 Å². The van der Waals surface area contributed by atoms with E-state index >= 15 is 0 Å². The lowest BCUT2D eigenvalue weighted by Crippen LogP contribution is -2.30. The maximum atomic E-state index is 12.9. The first kappa shape index (κ1) is 20.5. The van der Waals surface area contributed by atoms with E-state index < -0.39 is 4.92 Å². The Balaban J connectivity index is 1.56. The van der Waals surface area contributed by atoms with Crippen LogP contribution in [0, 0.1) is 30.9 Å². The second-order valence-electron chi connectivity index (χ2n) is 7.14. The molecule has 0 saturated carbocycles. The Bertz CT molecular complexity index is 1270. The molecule has 0 unspecified atom stereocenters. The van der Waals surface area contributed by atoms with Crippen molar-refractivity contribution in [2.24, 2.45) is 7.05 Å². The Hall–Kier alpha value is -3.80. The van der Waals surface area contributed by atoms with Crippen molar-refractivity contribution in [3.8, 4) is 0 Å². The van der Waals surface area contributed by atoms with Crippen molar-refractivity contribution in [2.75, 3.05) is 4.90 Å². The van der Waals surface area contributed by atoms with E-state index in [1.165, 1.54) is 9.58 Å². The van der Waals surface area contributed by atoms with Crippen LogP contribution in [0.25, 0.3) is 6.08 Å². The number of furan rings is 1. The van der Waals surface area contributed by atoms with E-state index in [4.69, 9.17) is 16.6 Å². The minimum Gasteiger partial charge on any atom is -0.460 e. The van der Waals surface area contributed by atoms with Crippen molar-refractivity contribution in [1.82, 2.24) is 24.9 Å². The minimum absolute atomic E-state index is 0.00560. The largest absolute Gasteiger partial charge is 0.460 e. The van der Waals surface area contributed by atoms with Gasteiger partial charge in [0.25, 0.3) is 5.91 Å². The molecule has 0 atom stereocenters. The third-order valence-electron chi connectivity index (χ3n) is 4.91. The summed E-state index contributed by atoms with van der Waals surface area (Å²) in [5.41, 5.74) is 2.35. The molecule has 0 bridgehead atoms. The molecule has 160 valence electrons. The molecular formula is C19H19N7O4S. The number of hydrogen-bond acceptors (Lipinski definition) is 7. The molecule has 11 nitrogen and oxygen atoms in total. The average molecular weight is 441 g/mol. The second-order valence-corrected chi connectivity index (χ2v) is 7.53. The smallest absolute Gasteiger partial charge is 0.312 e. The predicted octanol–water partition coefficient (Wildman–Crippen LogP) is 2.35. The topological polar surface area (TPSA) is 124 Å². The van der Waals surface area contributed by atoms with Gasteiger partial charge in [-0.05, 0) is 45.1 Å². The van der Waals surface area contributed by atoms with Crippen LogP contribution in [0.1, 0.15) is 28.6 Å². The molecule has 3 aromatic rings. The van der Waals surface area contributed by atoms with Gasteiger partial charge in [-0.2, -0.15) is 10.2 Å². The van der Waals surface area contributed by atoms with Gasteiger partial charge in [-0.1, -0.05) is 0 Å². The molecule has 1 fully saturated rings. The molecule has 0 aliphatic carbocycles. The molecule has 0 spiro atoms. The average Bonchev–Trinajstić information content (AvgIpc) is 3.38. The Morgan fingerprint density at radius 2 is 2.00 bits per heavy atom. The second kappa shape index (κ2) is 7.47. The molecule has 4 rings (SSSR count). The van der Waals surface area contributed by atoms with Crippen molar-refractivity contribution in [1.29, 1.82) is 0 Å². The first-order chi connectivity index (χ1) is 14.7. The van der Waals surface area contributed by atoms with Crippen molar-refractivity contribution < 1.29 is 14.1 Å². The Morgan fingerprint density at radius 1 is 1.26 bits per heavy atom. The van der Waals surface area contributed by atoms with Gasteiger partial charge in [0.05, 0.1) is 22.8 Å². The summed E-state index contributed by atoms with van der Waals surface area (Å²) in [5, 5.41) is 22.8. The van der Waals surface area contributed by atoms with E-state index in [2.05, 4.69) is 15.5 Å². The number of nitro groups is 1. The number of rotatable bonds is 5. The fraction of sp³-hybridized carbons (Fsp3) is 0.263. The van der Waals surface area contributed by atoms with Crippen molar-refractivity contribution in [2.45, 2.75) is 27.3 Å². The van der Waals surface area contributed by atoms with Gasteiger partial charge < -0.3 is 9.73 Å². The number of anilines is 1. The van der Waals surface area contributed by atoms with Gasteiger partial charge in [0.1, 0.15) is 28.6 Å². The van der Waals surface area contributed by atoms with Crippen LogP contribution in [0.4, 0.5) is 11.4 Å². The summed E-state index contributed by atoms with van der Waals surface area (Å²) >= 11 is 5.32. The summed E-state index contributed by atoms with van der Waals surface area (Å²) < 4.78 is 8.92. The lowest BCUT2D eigenvalue weighted by molar-refractivity contribution is -0.386. The molecule has 1 aliphatic heterocycles. The van der Waals surface area contributed by atoms with Crippen LogP contribution in [-0.2, 0) is 18.4 Å². The Morgan fingerprint density at radius 3 is 2.61 bits per heavy atom. The summed E-state index contributed by atoms with van der Waals surface area (Å²) in [4.78, 5) is 25.0. The first-order valence-electron chi connectivity index (χ1n) is 9.30. The SMILES string of the molecule is Cc1nn(C)cc1N1C(=O)/C(=C\c2ccc(Cn3nc(C)c([N+](=O)[O-])c3C)o2)NC1=S. The van der Waals surface area contributed by atoms with Crippen molar-refractivity contribution in [3.05, 3.63) is 62.7 Å². The maximum absolute atomic E-state index is 12.9. The molecule has 1 amide bonds. The summed E-state index contributed by atoms with van der Waals surface area (Å²) in [6.07, 6.45) is 3.29. The highest BCUT2D eigenvalue weighted by Gasteiger charge is 2.34. The number of aromatic nitrogens is 4. The molecule has 0 aromatic carbocycles. The molecule has 1 saturated heterocycles. The van der Waals surface area contributed by atoms with E-state index in [-0.39, 0.29) is 28.9 Å². The van der Waals surface area contributed by atoms with Crippen LogP contribution in [0.3, 0.4) is 0 Å². The number of amides is 1. The fourth-order valence-electron chi connectivity index (χ4n) is 3.51. The number of carbonyl (C=O) groups is 1. The van der Waals surface area contributed by atoms with Gasteiger partial charge in [0.2, 0.25) is 0 Å². The number of nitrogens with zero attached hydrogens (tertiary/aromatic N) is 6. The zero-order valence-electron chi connectivity index (χ0n) is 17.2. The van der Waals surface area contributed by atoms with Crippen LogP contribution < -0.4 is 10.2 Å². The van der Waals surface area contributed by atoms with Crippen molar-refractivity contribution in [3.63, 3.8) is 0 Å². The highest BCUT2D eigenvalue weighted by Crippen LogP contribution is 2.26. The molecule has 12 heteroatoms. The highest BCUT2D eigenvalue weighted by molar-refractivity contribution is 7.80. The molecular weight excluding hydrogens is 422 g/mol. The minimum atomic E-state index is -0.442. The zero-order chi connectivity index (χ0) is 22.4.